The van der Waals surface area contributed by atoms with Crippen molar-refractivity contribution in [3.63, 3.8) is 0 Å². The molecule has 0 radical (unpaired) electrons. The number of piperidine rings is 1. The van der Waals surface area contributed by atoms with Gasteiger partial charge in [-0.25, -0.2) is 0 Å². The molecule has 0 N–H and O–H groups in total. The van der Waals surface area contributed by atoms with Crippen molar-refractivity contribution in [2.45, 2.75) is 39.5 Å². The second-order valence-electron chi connectivity index (χ2n) is 5.64. The van der Waals surface area contributed by atoms with Crippen LogP contribution in [0.3, 0.4) is 0 Å². The Kier molecular flexibility index (Phi) is 3.45. The predicted molar refractivity (Wildman–Crippen MR) is 76.8 cm³/mol. The Morgan fingerprint density at radius 3 is 2.60 bits per heavy atom. The van der Waals surface area contributed by atoms with Gasteiger partial charge in [0.2, 0.25) is 10.9 Å². The summed E-state index contributed by atoms with van der Waals surface area (Å²) in [7, 11) is 0. The van der Waals surface area contributed by atoms with E-state index in [4.69, 9.17) is 0 Å². The van der Waals surface area contributed by atoms with Crippen LogP contribution in [0.1, 0.15) is 43.4 Å². The van der Waals surface area contributed by atoms with Crippen LogP contribution in [0.4, 0.5) is 0 Å². The second-order valence-corrected chi connectivity index (χ2v) is 6.62. The molecule has 3 rings (SSSR count). The number of likely N-dealkylation sites (tertiary alicyclic amines) is 1. The lowest BCUT2D eigenvalue weighted by Crippen LogP contribution is -2.40. The molecular formula is C13H19N5OS. The smallest absolute Gasteiger partial charge is 0.234 e. The minimum absolute atomic E-state index is 0.0865. The number of carbonyl (C=O) groups excluding carboxylic acids is 1. The first kappa shape index (κ1) is 13.5. The molecule has 2 aromatic rings. The Morgan fingerprint density at radius 1 is 1.30 bits per heavy atom. The van der Waals surface area contributed by atoms with Crippen LogP contribution < -0.4 is 0 Å². The molecule has 1 fully saturated rings. The molecule has 0 atom stereocenters. The van der Waals surface area contributed by atoms with Gasteiger partial charge in [-0.2, -0.15) is 9.61 Å². The zero-order valence-electron chi connectivity index (χ0n) is 12.0. The van der Waals surface area contributed by atoms with Gasteiger partial charge in [-0.15, -0.1) is 10.2 Å². The highest BCUT2D eigenvalue weighted by Crippen LogP contribution is 2.31. The monoisotopic (exact) mass is 293 g/mol. The van der Waals surface area contributed by atoms with Crippen molar-refractivity contribution in [2.75, 3.05) is 13.1 Å². The van der Waals surface area contributed by atoms with E-state index in [0.29, 0.717) is 5.92 Å². The van der Waals surface area contributed by atoms with E-state index in [0.717, 1.165) is 41.7 Å². The molecular weight excluding hydrogens is 274 g/mol. The van der Waals surface area contributed by atoms with Crippen molar-refractivity contribution in [1.29, 1.82) is 0 Å². The number of amides is 1. The summed E-state index contributed by atoms with van der Waals surface area (Å²) in [4.78, 5) is 14.8. The highest BCUT2D eigenvalue weighted by atomic mass is 32.1. The molecule has 2 aromatic heterocycles. The number of hydrogen-bond acceptors (Lipinski definition) is 5. The standard InChI is InChI=1S/C13H19N5OS/c1-8(2)12(19)17-6-4-10(5-7-17)11-16-18-9(3)14-15-13(18)20-11/h8,10H,4-7H2,1-3H3. The number of hydrogen-bond donors (Lipinski definition) is 0. The van der Waals surface area contributed by atoms with Crippen molar-refractivity contribution in [3.8, 4) is 0 Å². The minimum Gasteiger partial charge on any atom is -0.342 e. The van der Waals surface area contributed by atoms with Gasteiger partial charge >= 0.3 is 0 Å². The van der Waals surface area contributed by atoms with Gasteiger partial charge in [0, 0.05) is 24.9 Å². The number of aryl methyl sites for hydroxylation is 1. The summed E-state index contributed by atoms with van der Waals surface area (Å²) >= 11 is 1.62. The quantitative estimate of drug-likeness (QED) is 0.848. The van der Waals surface area contributed by atoms with Gasteiger partial charge in [0.05, 0.1) is 0 Å². The third kappa shape index (κ3) is 2.30. The summed E-state index contributed by atoms with van der Waals surface area (Å²) < 4.78 is 1.81. The van der Waals surface area contributed by atoms with E-state index in [1.165, 1.54) is 0 Å². The number of fused-ring (bicyclic) bond motifs is 1. The van der Waals surface area contributed by atoms with E-state index in [9.17, 15) is 4.79 Å². The minimum atomic E-state index is 0.0865. The van der Waals surface area contributed by atoms with Crippen molar-refractivity contribution >= 4 is 22.2 Å². The third-order valence-electron chi connectivity index (χ3n) is 3.81. The summed E-state index contributed by atoms with van der Waals surface area (Å²) in [5.41, 5.74) is 0. The fourth-order valence-electron chi connectivity index (χ4n) is 2.61. The van der Waals surface area contributed by atoms with E-state index in [1.807, 2.05) is 30.2 Å². The van der Waals surface area contributed by atoms with Gasteiger partial charge in [0.1, 0.15) is 5.01 Å². The zero-order valence-corrected chi connectivity index (χ0v) is 12.9. The van der Waals surface area contributed by atoms with Gasteiger partial charge in [0.25, 0.3) is 0 Å². The van der Waals surface area contributed by atoms with E-state index in [2.05, 4.69) is 15.3 Å². The first-order chi connectivity index (χ1) is 9.56. The van der Waals surface area contributed by atoms with E-state index < -0.39 is 0 Å². The third-order valence-corrected chi connectivity index (χ3v) is 4.87. The fourth-order valence-corrected chi connectivity index (χ4v) is 3.66. The Hall–Kier alpha value is -1.50. The Bertz CT molecular complexity index is 624. The maximum absolute atomic E-state index is 12.0. The largest absolute Gasteiger partial charge is 0.342 e. The van der Waals surface area contributed by atoms with Crippen LogP contribution in [0.15, 0.2) is 0 Å². The molecule has 1 aliphatic heterocycles. The molecule has 0 bridgehead atoms. The average molecular weight is 293 g/mol. The van der Waals surface area contributed by atoms with Crippen molar-refractivity contribution in [1.82, 2.24) is 24.7 Å². The number of carbonyl (C=O) groups is 1. The molecule has 108 valence electrons. The molecule has 1 aliphatic rings. The second kappa shape index (κ2) is 5.12. The fraction of sp³-hybridized carbons (Fsp3) is 0.692. The van der Waals surface area contributed by atoms with Gasteiger partial charge < -0.3 is 4.90 Å². The molecule has 1 saturated heterocycles. The van der Waals surface area contributed by atoms with Crippen LogP contribution >= 0.6 is 11.3 Å². The van der Waals surface area contributed by atoms with E-state index in [1.54, 1.807) is 11.3 Å². The summed E-state index contributed by atoms with van der Waals surface area (Å²) in [6.07, 6.45) is 1.98. The van der Waals surface area contributed by atoms with Gasteiger partial charge in [-0.3, -0.25) is 4.79 Å². The average Bonchev–Trinajstić information content (AvgIpc) is 3.01. The van der Waals surface area contributed by atoms with Crippen LogP contribution in [0.2, 0.25) is 0 Å². The molecule has 0 saturated carbocycles. The molecule has 1 amide bonds. The molecule has 0 unspecified atom stereocenters. The maximum atomic E-state index is 12.0. The van der Waals surface area contributed by atoms with Gasteiger partial charge in [-0.05, 0) is 19.8 Å². The van der Waals surface area contributed by atoms with Crippen molar-refractivity contribution in [2.24, 2.45) is 5.92 Å². The highest BCUT2D eigenvalue weighted by molar-refractivity contribution is 7.16. The molecule has 6 nitrogen and oxygen atoms in total. The summed E-state index contributed by atoms with van der Waals surface area (Å²) in [5, 5.41) is 13.8. The van der Waals surface area contributed by atoms with Crippen LogP contribution in [-0.4, -0.2) is 43.7 Å². The predicted octanol–water partition coefficient (Wildman–Crippen LogP) is 1.86. The first-order valence-electron chi connectivity index (χ1n) is 7.04. The van der Waals surface area contributed by atoms with Crippen LogP contribution in [0.5, 0.6) is 0 Å². The highest BCUT2D eigenvalue weighted by Gasteiger charge is 2.27. The summed E-state index contributed by atoms with van der Waals surface area (Å²) in [6.45, 7) is 7.50. The van der Waals surface area contributed by atoms with Crippen LogP contribution in [0.25, 0.3) is 4.96 Å². The molecule has 20 heavy (non-hydrogen) atoms. The topological polar surface area (TPSA) is 63.4 Å². The van der Waals surface area contributed by atoms with E-state index >= 15 is 0 Å². The maximum Gasteiger partial charge on any atom is 0.234 e. The Balaban J connectivity index is 1.70. The lowest BCUT2D eigenvalue weighted by atomic mass is 9.97. The van der Waals surface area contributed by atoms with Gasteiger partial charge in [-0.1, -0.05) is 25.2 Å². The number of rotatable bonds is 2. The lowest BCUT2D eigenvalue weighted by molar-refractivity contribution is -0.135. The summed E-state index contributed by atoms with van der Waals surface area (Å²) in [6, 6.07) is 0. The summed E-state index contributed by atoms with van der Waals surface area (Å²) in [5.74, 6) is 1.62. The molecule has 7 heteroatoms. The Labute approximate surface area is 121 Å². The van der Waals surface area contributed by atoms with E-state index in [-0.39, 0.29) is 11.8 Å². The number of aromatic nitrogens is 4. The number of nitrogens with zero attached hydrogens (tertiary/aromatic N) is 5. The van der Waals surface area contributed by atoms with Crippen LogP contribution in [0, 0.1) is 12.8 Å². The zero-order chi connectivity index (χ0) is 14.3. The SMILES string of the molecule is Cc1nnc2sc(C3CCN(C(=O)C(C)C)CC3)nn12. The van der Waals surface area contributed by atoms with Crippen LogP contribution in [-0.2, 0) is 4.79 Å². The van der Waals surface area contributed by atoms with Crippen molar-refractivity contribution in [3.05, 3.63) is 10.8 Å². The molecule has 0 aliphatic carbocycles. The molecule has 3 heterocycles. The van der Waals surface area contributed by atoms with Crippen molar-refractivity contribution < 1.29 is 4.79 Å². The molecule has 0 aromatic carbocycles. The van der Waals surface area contributed by atoms with Gasteiger partial charge in [0.15, 0.2) is 5.82 Å². The molecule has 0 spiro atoms. The Morgan fingerprint density at radius 2 is 2.00 bits per heavy atom. The normalized spacial score (nSPS) is 17.3. The lowest BCUT2D eigenvalue weighted by Gasteiger charge is -2.32. The first-order valence-corrected chi connectivity index (χ1v) is 7.85.